The summed E-state index contributed by atoms with van der Waals surface area (Å²) in [7, 11) is 0. The van der Waals surface area contributed by atoms with Crippen LogP contribution in [0.1, 0.15) is 25.8 Å². The molecule has 0 spiro atoms. The van der Waals surface area contributed by atoms with Gasteiger partial charge in [0.25, 0.3) is 0 Å². The van der Waals surface area contributed by atoms with Crippen LogP contribution in [-0.2, 0) is 11.2 Å². The molecule has 3 nitrogen and oxygen atoms in total. The van der Waals surface area contributed by atoms with E-state index in [2.05, 4.69) is 43.6 Å². The fourth-order valence-corrected chi connectivity index (χ4v) is 3.03. The highest BCUT2D eigenvalue weighted by molar-refractivity contribution is 7.09. The van der Waals surface area contributed by atoms with Crippen LogP contribution in [-0.4, -0.2) is 30.3 Å². The second-order valence-electron chi connectivity index (χ2n) is 5.33. The second-order valence-corrected chi connectivity index (χ2v) is 6.28. The van der Waals surface area contributed by atoms with Crippen molar-refractivity contribution in [2.75, 3.05) is 13.2 Å². The Kier molecular flexibility index (Phi) is 6.36. The molecule has 1 N–H and O–H groups in total. The van der Waals surface area contributed by atoms with Crippen LogP contribution in [0.2, 0.25) is 0 Å². The van der Waals surface area contributed by atoms with Crippen LogP contribution in [0.25, 0.3) is 11.3 Å². The smallest absolute Gasteiger partial charge is 0.0949 e. The third-order valence-corrected chi connectivity index (χ3v) is 4.04. The Morgan fingerprint density at radius 3 is 2.67 bits per heavy atom. The summed E-state index contributed by atoms with van der Waals surface area (Å²) >= 11 is 1.73. The first-order valence-electron chi connectivity index (χ1n) is 7.53. The highest BCUT2D eigenvalue weighted by atomic mass is 32.1. The standard InChI is InChI=1S/C17H24N2OS/c1-4-18-15(11-20-13(2)3)10-17-19-16(12-21-17)14-8-6-5-7-9-14/h5-9,12-13,15,18H,4,10-11H2,1-3H3. The third kappa shape index (κ3) is 5.23. The molecule has 0 fully saturated rings. The lowest BCUT2D eigenvalue weighted by molar-refractivity contribution is 0.0616. The number of nitrogens with one attached hydrogen (secondary N) is 1. The van der Waals surface area contributed by atoms with Gasteiger partial charge in [-0.1, -0.05) is 37.3 Å². The first-order chi connectivity index (χ1) is 10.2. The van der Waals surface area contributed by atoms with E-state index >= 15 is 0 Å². The molecular weight excluding hydrogens is 280 g/mol. The molecule has 2 rings (SSSR count). The number of hydrogen-bond donors (Lipinski definition) is 1. The van der Waals surface area contributed by atoms with Crippen LogP contribution < -0.4 is 5.32 Å². The van der Waals surface area contributed by atoms with Gasteiger partial charge in [0.2, 0.25) is 0 Å². The number of likely N-dealkylation sites (N-methyl/N-ethyl adjacent to an activating group) is 1. The van der Waals surface area contributed by atoms with Gasteiger partial charge >= 0.3 is 0 Å². The summed E-state index contributed by atoms with van der Waals surface area (Å²) in [5, 5.41) is 6.77. The Bertz CT molecular complexity index is 525. The first kappa shape index (κ1) is 16.1. The molecule has 1 heterocycles. The molecule has 1 aromatic carbocycles. The number of aromatic nitrogens is 1. The molecule has 0 radical (unpaired) electrons. The fraction of sp³-hybridized carbons (Fsp3) is 0.471. The first-order valence-corrected chi connectivity index (χ1v) is 8.41. The van der Waals surface area contributed by atoms with E-state index < -0.39 is 0 Å². The zero-order valence-corrected chi connectivity index (χ0v) is 13.8. The van der Waals surface area contributed by atoms with Gasteiger partial charge < -0.3 is 10.1 Å². The van der Waals surface area contributed by atoms with Crippen LogP contribution in [0.3, 0.4) is 0 Å². The van der Waals surface area contributed by atoms with E-state index in [-0.39, 0.29) is 6.10 Å². The lowest BCUT2D eigenvalue weighted by Gasteiger charge is -2.18. The monoisotopic (exact) mass is 304 g/mol. The fourth-order valence-electron chi connectivity index (χ4n) is 2.14. The van der Waals surface area contributed by atoms with E-state index in [1.54, 1.807) is 11.3 Å². The summed E-state index contributed by atoms with van der Waals surface area (Å²) < 4.78 is 5.73. The maximum absolute atomic E-state index is 5.73. The number of ether oxygens (including phenoxy) is 1. The molecule has 1 atom stereocenters. The molecule has 2 aromatic rings. The van der Waals surface area contributed by atoms with E-state index in [1.807, 2.05) is 18.2 Å². The van der Waals surface area contributed by atoms with Crippen LogP contribution in [0.5, 0.6) is 0 Å². The molecule has 0 aliphatic rings. The number of hydrogen-bond acceptors (Lipinski definition) is 4. The molecule has 4 heteroatoms. The van der Waals surface area contributed by atoms with Crippen molar-refractivity contribution < 1.29 is 4.74 Å². The zero-order valence-electron chi connectivity index (χ0n) is 13.0. The Morgan fingerprint density at radius 2 is 2.00 bits per heavy atom. The van der Waals surface area contributed by atoms with E-state index in [1.165, 1.54) is 5.56 Å². The SMILES string of the molecule is CCNC(COC(C)C)Cc1nc(-c2ccccc2)cs1. The summed E-state index contributed by atoms with van der Waals surface area (Å²) in [5.41, 5.74) is 2.24. The lowest BCUT2D eigenvalue weighted by Crippen LogP contribution is -2.36. The molecule has 0 aliphatic heterocycles. The van der Waals surface area contributed by atoms with Crippen molar-refractivity contribution >= 4 is 11.3 Å². The highest BCUT2D eigenvalue weighted by Crippen LogP contribution is 2.22. The average molecular weight is 304 g/mol. The molecule has 0 amide bonds. The Morgan fingerprint density at radius 1 is 1.24 bits per heavy atom. The van der Waals surface area contributed by atoms with Gasteiger partial charge in [-0.05, 0) is 20.4 Å². The van der Waals surface area contributed by atoms with E-state index in [4.69, 9.17) is 9.72 Å². The van der Waals surface area contributed by atoms with Gasteiger partial charge in [0.15, 0.2) is 0 Å². The average Bonchev–Trinajstić information content (AvgIpc) is 2.94. The van der Waals surface area contributed by atoms with Crippen molar-refractivity contribution in [1.82, 2.24) is 10.3 Å². The normalized spacial score (nSPS) is 12.8. The largest absolute Gasteiger partial charge is 0.377 e. The Balaban J connectivity index is 1.99. The maximum Gasteiger partial charge on any atom is 0.0949 e. The summed E-state index contributed by atoms with van der Waals surface area (Å²) in [6, 6.07) is 10.7. The summed E-state index contributed by atoms with van der Waals surface area (Å²) in [4.78, 5) is 4.75. The summed E-state index contributed by atoms with van der Waals surface area (Å²) in [5.74, 6) is 0. The van der Waals surface area contributed by atoms with Gasteiger partial charge in [0, 0.05) is 23.4 Å². The molecule has 0 saturated heterocycles. The second kappa shape index (κ2) is 8.27. The Hall–Kier alpha value is -1.23. The molecular formula is C17H24N2OS. The number of nitrogens with zero attached hydrogens (tertiary/aromatic N) is 1. The molecule has 0 saturated carbocycles. The molecule has 0 aliphatic carbocycles. The third-order valence-electron chi connectivity index (χ3n) is 3.17. The van der Waals surface area contributed by atoms with Crippen LogP contribution >= 0.6 is 11.3 Å². The predicted molar refractivity (Wildman–Crippen MR) is 89.8 cm³/mol. The maximum atomic E-state index is 5.73. The van der Waals surface area contributed by atoms with Crippen molar-refractivity contribution in [3.8, 4) is 11.3 Å². The van der Waals surface area contributed by atoms with Crippen LogP contribution in [0, 0.1) is 0 Å². The van der Waals surface area contributed by atoms with Gasteiger partial charge in [-0.2, -0.15) is 0 Å². The number of rotatable bonds is 8. The van der Waals surface area contributed by atoms with Crippen LogP contribution in [0.4, 0.5) is 0 Å². The topological polar surface area (TPSA) is 34.1 Å². The van der Waals surface area contributed by atoms with Crippen molar-refractivity contribution in [2.45, 2.75) is 39.3 Å². The van der Waals surface area contributed by atoms with Crippen LogP contribution in [0.15, 0.2) is 35.7 Å². The summed E-state index contributed by atoms with van der Waals surface area (Å²) in [6.07, 6.45) is 1.18. The van der Waals surface area contributed by atoms with E-state index in [0.29, 0.717) is 6.04 Å². The van der Waals surface area contributed by atoms with Gasteiger partial charge in [-0.15, -0.1) is 11.3 Å². The minimum Gasteiger partial charge on any atom is -0.377 e. The quantitative estimate of drug-likeness (QED) is 0.806. The number of benzene rings is 1. The number of thiazole rings is 1. The van der Waals surface area contributed by atoms with Gasteiger partial charge in [0.05, 0.1) is 23.4 Å². The molecule has 1 unspecified atom stereocenters. The highest BCUT2D eigenvalue weighted by Gasteiger charge is 2.13. The molecule has 0 bridgehead atoms. The minimum atomic E-state index is 0.266. The van der Waals surface area contributed by atoms with Crippen molar-refractivity contribution in [3.05, 3.63) is 40.7 Å². The molecule has 21 heavy (non-hydrogen) atoms. The van der Waals surface area contributed by atoms with Crippen molar-refractivity contribution in [2.24, 2.45) is 0 Å². The van der Waals surface area contributed by atoms with E-state index in [0.717, 1.165) is 30.3 Å². The molecule has 114 valence electrons. The summed E-state index contributed by atoms with van der Waals surface area (Å²) in [6.45, 7) is 7.94. The van der Waals surface area contributed by atoms with Crippen molar-refractivity contribution in [3.63, 3.8) is 0 Å². The van der Waals surface area contributed by atoms with Gasteiger partial charge in [-0.3, -0.25) is 0 Å². The van der Waals surface area contributed by atoms with E-state index in [9.17, 15) is 0 Å². The van der Waals surface area contributed by atoms with Crippen molar-refractivity contribution in [1.29, 1.82) is 0 Å². The van der Waals surface area contributed by atoms with Gasteiger partial charge in [0.1, 0.15) is 0 Å². The van der Waals surface area contributed by atoms with Gasteiger partial charge in [-0.25, -0.2) is 4.98 Å². The predicted octanol–water partition coefficient (Wildman–Crippen LogP) is 3.76. The zero-order chi connectivity index (χ0) is 15.1. The lowest BCUT2D eigenvalue weighted by atomic mass is 10.2. The Labute approximate surface area is 131 Å². The molecule has 1 aromatic heterocycles. The minimum absolute atomic E-state index is 0.266.